The van der Waals surface area contributed by atoms with Crippen LogP contribution in [0.3, 0.4) is 0 Å². The van der Waals surface area contributed by atoms with E-state index < -0.39 is 18.2 Å². The predicted octanol–water partition coefficient (Wildman–Crippen LogP) is 0.246. The molecule has 1 fully saturated rings. The molecule has 0 unspecified atom stereocenters. The van der Waals surface area contributed by atoms with Gasteiger partial charge in [0.25, 0.3) is 5.91 Å². The number of nitrogens with zero attached hydrogens (tertiary/aromatic N) is 6. The van der Waals surface area contributed by atoms with E-state index in [1.54, 1.807) is 14.0 Å². The lowest BCUT2D eigenvalue weighted by Crippen LogP contribution is -2.42. The van der Waals surface area contributed by atoms with E-state index in [-0.39, 0.29) is 37.2 Å². The fraction of sp³-hybridized carbons (Fsp3) is 0.381. The van der Waals surface area contributed by atoms with Crippen LogP contribution in [0.25, 0.3) is 11.5 Å². The van der Waals surface area contributed by atoms with Crippen molar-refractivity contribution in [1.82, 2.24) is 35.5 Å². The third kappa shape index (κ3) is 5.68. The maximum absolute atomic E-state index is 12.7. The molecule has 13 heteroatoms. The molecule has 0 bridgehead atoms. The van der Waals surface area contributed by atoms with Crippen LogP contribution in [0.5, 0.6) is 5.75 Å². The van der Waals surface area contributed by atoms with Gasteiger partial charge in [0.1, 0.15) is 29.1 Å². The van der Waals surface area contributed by atoms with E-state index in [0.717, 1.165) is 5.56 Å². The average molecular weight is 469 g/mol. The molecule has 2 N–H and O–H groups in total. The van der Waals surface area contributed by atoms with Crippen LogP contribution in [0.2, 0.25) is 0 Å². The summed E-state index contributed by atoms with van der Waals surface area (Å²) >= 11 is 0. The van der Waals surface area contributed by atoms with Gasteiger partial charge < -0.3 is 24.6 Å². The number of carboxylic acid groups (broad SMARTS) is 1. The summed E-state index contributed by atoms with van der Waals surface area (Å²) in [5.74, 6) is -0.144. The predicted molar refractivity (Wildman–Crippen MR) is 115 cm³/mol. The molecule has 1 aliphatic rings. The first-order valence-corrected chi connectivity index (χ1v) is 10.4. The number of hydrogen-bond donors (Lipinski definition) is 2. The van der Waals surface area contributed by atoms with Gasteiger partial charge in [-0.25, -0.2) is 14.8 Å². The lowest BCUT2D eigenvalue weighted by molar-refractivity contribution is -0.177. The molecular formula is C21H23N7O6. The van der Waals surface area contributed by atoms with Gasteiger partial charge in [-0.05, 0) is 35.9 Å². The van der Waals surface area contributed by atoms with Crippen LogP contribution < -0.4 is 10.1 Å². The van der Waals surface area contributed by atoms with E-state index in [1.165, 1.54) is 10.9 Å². The first kappa shape index (κ1) is 23.2. The van der Waals surface area contributed by atoms with E-state index in [1.807, 2.05) is 24.3 Å². The molecule has 1 aromatic carbocycles. The number of carbonyl (C=O) groups is 2. The highest BCUT2D eigenvalue weighted by molar-refractivity contribution is 5.93. The SMILES string of the molecule is COc1cccc(CNC(=O)c2cc(-c3nnn(C[C@@H]4CO[C@H](C(=O)O)CO4)n3)nc(C)n2)c1. The normalized spacial score (nSPS) is 17.8. The Labute approximate surface area is 194 Å². The molecule has 1 amide bonds. The zero-order valence-corrected chi connectivity index (χ0v) is 18.5. The third-order valence-electron chi connectivity index (χ3n) is 4.95. The summed E-state index contributed by atoms with van der Waals surface area (Å²) < 4.78 is 16.0. The lowest BCUT2D eigenvalue weighted by Gasteiger charge is -2.26. The largest absolute Gasteiger partial charge is 0.497 e. The molecule has 34 heavy (non-hydrogen) atoms. The maximum atomic E-state index is 12.7. The minimum Gasteiger partial charge on any atom is -0.497 e. The Balaban J connectivity index is 1.40. The molecule has 1 saturated heterocycles. The lowest BCUT2D eigenvalue weighted by atomic mass is 10.2. The second kappa shape index (κ2) is 10.3. The van der Waals surface area contributed by atoms with E-state index >= 15 is 0 Å². The second-order valence-corrected chi connectivity index (χ2v) is 7.50. The molecule has 1 aliphatic heterocycles. The minimum absolute atomic E-state index is 0.0547. The fourth-order valence-electron chi connectivity index (χ4n) is 3.25. The van der Waals surface area contributed by atoms with Gasteiger partial charge in [-0.2, -0.15) is 4.80 Å². The molecule has 0 radical (unpaired) electrons. The fourth-order valence-corrected chi connectivity index (χ4v) is 3.25. The van der Waals surface area contributed by atoms with Crippen LogP contribution in [0.4, 0.5) is 0 Å². The zero-order chi connectivity index (χ0) is 24.1. The summed E-state index contributed by atoms with van der Waals surface area (Å²) in [5.41, 5.74) is 1.40. The molecule has 0 spiro atoms. The molecule has 13 nitrogen and oxygen atoms in total. The molecular weight excluding hydrogens is 446 g/mol. The quantitative estimate of drug-likeness (QED) is 0.464. The number of hydrogen-bond acceptors (Lipinski definition) is 10. The summed E-state index contributed by atoms with van der Waals surface area (Å²) in [7, 11) is 1.58. The monoisotopic (exact) mass is 469 g/mol. The Bertz CT molecular complexity index is 1180. The van der Waals surface area contributed by atoms with Gasteiger partial charge in [0.2, 0.25) is 5.82 Å². The Morgan fingerprint density at radius 2 is 2.09 bits per heavy atom. The van der Waals surface area contributed by atoms with Crippen molar-refractivity contribution in [2.45, 2.75) is 32.2 Å². The Morgan fingerprint density at radius 3 is 2.82 bits per heavy atom. The molecule has 3 heterocycles. The number of carbonyl (C=O) groups excluding carboxylic acids is 1. The number of nitrogens with one attached hydrogen (secondary N) is 1. The van der Waals surface area contributed by atoms with Gasteiger partial charge in [0, 0.05) is 6.54 Å². The van der Waals surface area contributed by atoms with Crippen LogP contribution in [-0.2, 0) is 27.4 Å². The molecule has 4 rings (SSSR count). The van der Waals surface area contributed by atoms with Crippen LogP contribution in [0, 0.1) is 6.92 Å². The van der Waals surface area contributed by atoms with E-state index in [4.69, 9.17) is 19.3 Å². The van der Waals surface area contributed by atoms with Gasteiger partial charge in [-0.1, -0.05) is 12.1 Å². The Hall–Kier alpha value is -3.97. The first-order valence-electron chi connectivity index (χ1n) is 10.4. The molecule has 0 saturated carbocycles. The van der Waals surface area contributed by atoms with Gasteiger partial charge in [0.05, 0.1) is 26.9 Å². The number of methoxy groups -OCH3 is 1. The van der Waals surface area contributed by atoms with Gasteiger partial charge in [-0.15, -0.1) is 10.2 Å². The molecule has 3 aromatic rings. The summed E-state index contributed by atoms with van der Waals surface area (Å²) in [6.45, 7) is 2.23. The van der Waals surface area contributed by atoms with Crippen molar-refractivity contribution in [3.8, 4) is 17.3 Å². The minimum atomic E-state index is -1.07. The van der Waals surface area contributed by atoms with Crippen molar-refractivity contribution in [2.24, 2.45) is 0 Å². The van der Waals surface area contributed by atoms with Crippen LogP contribution in [-0.4, -0.2) is 79.7 Å². The average Bonchev–Trinajstić information content (AvgIpc) is 3.31. The van der Waals surface area contributed by atoms with Gasteiger partial charge in [0.15, 0.2) is 6.10 Å². The summed E-state index contributed by atoms with van der Waals surface area (Å²) in [4.78, 5) is 33.4. The highest BCUT2D eigenvalue weighted by Gasteiger charge is 2.28. The van der Waals surface area contributed by atoms with Crippen LogP contribution in [0.1, 0.15) is 21.9 Å². The van der Waals surface area contributed by atoms with Crippen LogP contribution >= 0.6 is 0 Å². The number of aryl methyl sites for hydroxylation is 1. The van der Waals surface area contributed by atoms with E-state index in [9.17, 15) is 9.59 Å². The number of amides is 1. The number of carboxylic acids is 1. The molecule has 178 valence electrons. The summed E-state index contributed by atoms with van der Waals surface area (Å²) in [6, 6.07) is 8.88. The number of ether oxygens (including phenoxy) is 3. The van der Waals surface area contributed by atoms with Crippen molar-refractivity contribution in [2.75, 3.05) is 20.3 Å². The van der Waals surface area contributed by atoms with Crippen molar-refractivity contribution in [3.05, 3.63) is 47.4 Å². The topological polar surface area (TPSA) is 163 Å². The Kier molecular flexibility index (Phi) is 7.04. The smallest absolute Gasteiger partial charge is 0.335 e. The number of aliphatic carboxylic acids is 1. The second-order valence-electron chi connectivity index (χ2n) is 7.50. The third-order valence-corrected chi connectivity index (χ3v) is 4.95. The number of benzene rings is 1. The number of rotatable bonds is 8. The van der Waals surface area contributed by atoms with Crippen molar-refractivity contribution in [3.63, 3.8) is 0 Å². The highest BCUT2D eigenvalue weighted by atomic mass is 16.6. The van der Waals surface area contributed by atoms with Crippen LogP contribution in [0.15, 0.2) is 30.3 Å². The molecule has 2 aromatic heterocycles. The Morgan fingerprint density at radius 1 is 1.24 bits per heavy atom. The number of aromatic nitrogens is 6. The maximum Gasteiger partial charge on any atom is 0.335 e. The summed E-state index contributed by atoms with van der Waals surface area (Å²) in [5, 5.41) is 24.1. The first-order chi connectivity index (χ1) is 16.4. The molecule has 2 atom stereocenters. The number of tetrazole rings is 1. The van der Waals surface area contributed by atoms with Crippen molar-refractivity contribution < 1.29 is 28.9 Å². The molecule has 0 aliphatic carbocycles. The van der Waals surface area contributed by atoms with E-state index in [2.05, 4.69) is 30.7 Å². The van der Waals surface area contributed by atoms with Gasteiger partial charge >= 0.3 is 5.97 Å². The van der Waals surface area contributed by atoms with Gasteiger partial charge in [-0.3, -0.25) is 4.79 Å². The van der Waals surface area contributed by atoms with Crippen molar-refractivity contribution in [1.29, 1.82) is 0 Å². The summed E-state index contributed by atoms with van der Waals surface area (Å²) in [6.07, 6.45) is -1.39. The highest BCUT2D eigenvalue weighted by Crippen LogP contribution is 2.15. The van der Waals surface area contributed by atoms with E-state index in [0.29, 0.717) is 23.8 Å². The standard InChI is InChI=1S/C21H23N7O6/c1-12-23-16(7-17(24-12)20(29)22-8-13-4-3-5-14(6-13)32-2)19-25-27-28(26-19)9-15-10-34-18(11-33-15)21(30)31/h3-7,15,18H,8-11H2,1-2H3,(H,22,29)(H,30,31)/t15-,18+/m1/s1. The zero-order valence-electron chi connectivity index (χ0n) is 18.5. The van der Waals surface area contributed by atoms with Crippen molar-refractivity contribution >= 4 is 11.9 Å².